The lowest BCUT2D eigenvalue weighted by atomic mass is 9.85. The molecule has 0 saturated heterocycles. The van der Waals surface area contributed by atoms with Crippen LogP contribution in [-0.4, -0.2) is 20.6 Å². The van der Waals surface area contributed by atoms with Gasteiger partial charge in [0.2, 0.25) is 0 Å². The molecular weight excluding hydrogens is 367 g/mol. The van der Waals surface area contributed by atoms with E-state index in [9.17, 15) is 14.3 Å². The van der Waals surface area contributed by atoms with Crippen molar-refractivity contribution in [3.63, 3.8) is 0 Å². The summed E-state index contributed by atoms with van der Waals surface area (Å²) in [7, 11) is 0. The molecular formula is C24H23FN2O2. The highest BCUT2D eigenvalue weighted by molar-refractivity contribution is 5.83. The molecule has 0 fully saturated rings. The molecule has 1 heterocycles. The number of hydrogen-bond donors (Lipinski definition) is 1. The fraction of sp³-hybridized carbons (Fsp3) is 0.250. The lowest BCUT2D eigenvalue weighted by molar-refractivity contribution is -0.139. The average molecular weight is 390 g/mol. The standard InChI is InChI=1S/C24H23FN2O2/c1-24(2,14-23(28)29)13-22-26-20-12-19(25)9-10-21(20)27(22)15-16-7-8-17-5-3-4-6-18(17)11-16/h3-12H,13-15H2,1-2H3,(H,28,29). The van der Waals surface area contributed by atoms with Gasteiger partial charge in [0.1, 0.15) is 11.6 Å². The van der Waals surface area contributed by atoms with E-state index in [0.29, 0.717) is 18.5 Å². The van der Waals surface area contributed by atoms with Crippen molar-refractivity contribution in [3.8, 4) is 0 Å². The SMILES string of the molecule is CC(C)(CC(=O)O)Cc1nc2cc(F)ccc2n1Cc1ccc2ccccc2c1. The number of imidazole rings is 1. The molecule has 0 bridgehead atoms. The molecule has 0 aliphatic rings. The molecule has 0 spiro atoms. The first-order valence-corrected chi connectivity index (χ1v) is 9.65. The summed E-state index contributed by atoms with van der Waals surface area (Å²) in [6.07, 6.45) is 0.531. The van der Waals surface area contributed by atoms with Crippen molar-refractivity contribution in [1.29, 1.82) is 0 Å². The molecule has 0 saturated carbocycles. The summed E-state index contributed by atoms with van der Waals surface area (Å²) in [5, 5.41) is 11.6. The number of benzene rings is 3. The summed E-state index contributed by atoms with van der Waals surface area (Å²) in [6.45, 7) is 4.42. The van der Waals surface area contributed by atoms with E-state index in [1.165, 1.54) is 17.5 Å². The lowest BCUT2D eigenvalue weighted by Crippen LogP contribution is -2.22. The zero-order chi connectivity index (χ0) is 20.6. The molecule has 4 rings (SSSR count). The van der Waals surface area contributed by atoms with E-state index < -0.39 is 11.4 Å². The maximum absolute atomic E-state index is 13.8. The minimum atomic E-state index is -0.835. The van der Waals surface area contributed by atoms with E-state index >= 15 is 0 Å². The molecule has 5 heteroatoms. The molecule has 4 aromatic rings. The maximum atomic E-state index is 13.8. The number of hydrogen-bond acceptors (Lipinski definition) is 2. The second-order valence-corrected chi connectivity index (χ2v) is 8.34. The number of halogens is 1. The van der Waals surface area contributed by atoms with Crippen molar-refractivity contribution in [2.45, 2.75) is 33.2 Å². The minimum Gasteiger partial charge on any atom is -0.481 e. The first kappa shape index (κ1) is 19.1. The van der Waals surface area contributed by atoms with Crippen molar-refractivity contribution in [2.75, 3.05) is 0 Å². The Balaban J connectivity index is 1.77. The van der Waals surface area contributed by atoms with Crippen LogP contribution in [0.2, 0.25) is 0 Å². The fourth-order valence-electron chi connectivity index (χ4n) is 3.88. The van der Waals surface area contributed by atoms with Gasteiger partial charge >= 0.3 is 5.97 Å². The molecule has 0 radical (unpaired) electrons. The zero-order valence-electron chi connectivity index (χ0n) is 16.5. The summed E-state index contributed by atoms with van der Waals surface area (Å²) in [5.74, 6) is -0.396. The van der Waals surface area contributed by atoms with Gasteiger partial charge in [-0.1, -0.05) is 50.2 Å². The number of aliphatic carboxylic acids is 1. The Hall–Kier alpha value is -3.21. The summed E-state index contributed by atoms with van der Waals surface area (Å²) in [5.41, 5.74) is 2.09. The predicted molar refractivity (Wildman–Crippen MR) is 112 cm³/mol. The van der Waals surface area contributed by atoms with E-state index in [1.807, 2.05) is 26.0 Å². The van der Waals surface area contributed by atoms with E-state index in [2.05, 4.69) is 39.9 Å². The number of carbonyl (C=O) groups is 1. The Morgan fingerprint density at radius 1 is 1.07 bits per heavy atom. The third-order valence-corrected chi connectivity index (χ3v) is 5.21. The number of carboxylic acids is 1. The third kappa shape index (κ3) is 4.14. The zero-order valence-corrected chi connectivity index (χ0v) is 16.5. The molecule has 1 aromatic heterocycles. The van der Waals surface area contributed by atoms with Crippen molar-refractivity contribution in [3.05, 3.63) is 77.9 Å². The largest absolute Gasteiger partial charge is 0.481 e. The van der Waals surface area contributed by atoms with Crippen LogP contribution < -0.4 is 0 Å². The van der Waals surface area contributed by atoms with Crippen LogP contribution in [0, 0.1) is 11.2 Å². The summed E-state index contributed by atoms with van der Waals surface area (Å²) in [6, 6.07) is 19.1. The number of carboxylic acid groups (broad SMARTS) is 1. The molecule has 0 amide bonds. The number of rotatable bonds is 6. The van der Waals surface area contributed by atoms with Gasteiger partial charge in [0.15, 0.2) is 0 Å². The van der Waals surface area contributed by atoms with E-state index in [1.54, 1.807) is 6.07 Å². The van der Waals surface area contributed by atoms with Crippen LogP contribution in [0.15, 0.2) is 60.7 Å². The van der Waals surface area contributed by atoms with Crippen LogP contribution >= 0.6 is 0 Å². The topological polar surface area (TPSA) is 55.1 Å². The second kappa shape index (κ2) is 7.32. The summed E-state index contributed by atoms with van der Waals surface area (Å²) < 4.78 is 15.8. The van der Waals surface area contributed by atoms with Crippen LogP contribution in [0.1, 0.15) is 31.7 Å². The predicted octanol–water partition coefficient (Wildman–Crippen LogP) is 5.42. The summed E-state index contributed by atoms with van der Waals surface area (Å²) >= 11 is 0. The van der Waals surface area contributed by atoms with E-state index in [0.717, 1.165) is 22.3 Å². The van der Waals surface area contributed by atoms with Crippen molar-refractivity contribution < 1.29 is 14.3 Å². The van der Waals surface area contributed by atoms with Crippen LogP contribution in [0.4, 0.5) is 4.39 Å². The molecule has 4 nitrogen and oxygen atoms in total. The van der Waals surface area contributed by atoms with Crippen molar-refractivity contribution >= 4 is 27.8 Å². The Labute approximate surface area is 168 Å². The molecule has 0 aliphatic carbocycles. The molecule has 3 aromatic carbocycles. The van der Waals surface area contributed by atoms with E-state index in [-0.39, 0.29) is 12.2 Å². The van der Waals surface area contributed by atoms with Gasteiger partial charge in [-0.3, -0.25) is 4.79 Å². The summed E-state index contributed by atoms with van der Waals surface area (Å²) in [4.78, 5) is 15.9. The van der Waals surface area contributed by atoms with Crippen LogP contribution in [0.25, 0.3) is 21.8 Å². The second-order valence-electron chi connectivity index (χ2n) is 8.34. The van der Waals surface area contributed by atoms with Gasteiger partial charge in [0.05, 0.1) is 17.5 Å². The Morgan fingerprint density at radius 2 is 1.83 bits per heavy atom. The maximum Gasteiger partial charge on any atom is 0.303 e. The average Bonchev–Trinajstić information content (AvgIpc) is 2.96. The van der Waals surface area contributed by atoms with Gasteiger partial charge in [-0.2, -0.15) is 0 Å². The fourth-order valence-corrected chi connectivity index (χ4v) is 3.88. The molecule has 1 N–H and O–H groups in total. The monoisotopic (exact) mass is 390 g/mol. The Bertz CT molecular complexity index is 1210. The van der Waals surface area contributed by atoms with Crippen LogP contribution in [-0.2, 0) is 17.8 Å². The normalized spacial score (nSPS) is 12.0. The highest BCUT2D eigenvalue weighted by atomic mass is 19.1. The Kier molecular flexibility index (Phi) is 4.82. The first-order valence-electron chi connectivity index (χ1n) is 9.65. The van der Waals surface area contributed by atoms with Crippen molar-refractivity contribution in [1.82, 2.24) is 9.55 Å². The minimum absolute atomic E-state index is 0.0422. The Morgan fingerprint density at radius 3 is 2.59 bits per heavy atom. The number of aromatic nitrogens is 2. The van der Waals surface area contributed by atoms with Gasteiger partial charge in [-0.05, 0) is 39.9 Å². The number of nitrogens with zero attached hydrogens (tertiary/aromatic N) is 2. The van der Waals surface area contributed by atoms with Gasteiger partial charge in [0.25, 0.3) is 0 Å². The van der Waals surface area contributed by atoms with E-state index in [4.69, 9.17) is 0 Å². The van der Waals surface area contributed by atoms with Gasteiger partial charge in [0, 0.05) is 19.0 Å². The third-order valence-electron chi connectivity index (χ3n) is 5.21. The van der Waals surface area contributed by atoms with Gasteiger partial charge < -0.3 is 9.67 Å². The molecule has 0 unspecified atom stereocenters. The van der Waals surface area contributed by atoms with Gasteiger partial charge in [-0.15, -0.1) is 0 Å². The number of fused-ring (bicyclic) bond motifs is 2. The smallest absolute Gasteiger partial charge is 0.303 e. The highest BCUT2D eigenvalue weighted by Gasteiger charge is 2.25. The van der Waals surface area contributed by atoms with Crippen LogP contribution in [0.3, 0.4) is 0 Å². The lowest BCUT2D eigenvalue weighted by Gasteiger charge is -2.22. The quantitative estimate of drug-likeness (QED) is 0.478. The van der Waals surface area contributed by atoms with Gasteiger partial charge in [-0.25, -0.2) is 9.37 Å². The van der Waals surface area contributed by atoms with Crippen molar-refractivity contribution in [2.24, 2.45) is 5.41 Å². The molecule has 29 heavy (non-hydrogen) atoms. The molecule has 0 aliphatic heterocycles. The molecule has 148 valence electrons. The molecule has 0 atom stereocenters. The van der Waals surface area contributed by atoms with Crippen LogP contribution in [0.5, 0.6) is 0 Å². The highest BCUT2D eigenvalue weighted by Crippen LogP contribution is 2.29. The first-order chi connectivity index (χ1) is 13.8.